The van der Waals surface area contributed by atoms with E-state index in [0.29, 0.717) is 18.5 Å². The molecular formula is C15H22ClN3O2. The lowest BCUT2D eigenvalue weighted by Crippen LogP contribution is -2.52. The fraction of sp³-hybridized carbons (Fsp3) is 0.467. The second-order valence-electron chi connectivity index (χ2n) is 5.43. The van der Waals surface area contributed by atoms with Crippen molar-refractivity contribution < 1.29 is 9.59 Å². The summed E-state index contributed by atoms with van der Waals surface area (Å²) in [5, 5.41) is 2.88. The molecule has 0 saturated heterocycles. The van der Waals surface area contributed by atoms with Crippen LogP contribution in [-0.2, 0) is 11.2 Å². The Hall–Kier alpha value is -1.59. The van der Waals surface area contributed by atoms with E-state index in [1.54, 1.807) is 18.2 Å². The van der Waals surface area contributed by atoms with Crippen molar-refractivity contribution in [3.05, 3.63) is 35.4 Å². The van der Waals surface area contributed by atoms with Gasteiger partial charge in [0.2, 0.25) is 11.8 Å². The number of nitrogens with one attached hydrogen (secondary N) is 1. The molecule has 1 saturated carbocycles. The summed E-state index contributed by atoms with van der Waals surface area (Å²) in [4.78, 5) is 23.1. The summed E-state index contributed by atoms with van der Waals surface area (Å²) >= 11 is 0. The molecule has 2 amide bonds. The number of amides is 2. The van der Waals surface area contributed by atoms with Gasteiger partial charge in [0.15, 0.2) is 0 Å². The van der Waals surface area contributed by atoms with Crippen molar-refractivity contribution in [3.8, 4) is 0 Å². The molecule has 5 nitrogen and oxygen atoms in total. The molecule has 5 N–H and O–H groups in total. The van der Waals surface area contributed by atoms with Crippen molar-refractivity contribution in [1.82, 2.24) is 5.32 Å². The van der Waals surface area contributed by atoms with Gasteiger partial charge < -0.3 is 16.8 Å². The van der Waals surface area contributed by atoms with Gasteiger partial charge in [0, 0.05) is 12.1 Å². The first-order valence-electron chi connectivity index (χ1n) is 6.97. The van der Waals surface area contributed by atoms with Crippen molar-refractivity contribution in [1.29, 1.82) is 0 Å². The van der Waals surface area contributed by atoms with Crippen molar-refractivity contribution in [2.75, 3.05) is 6.54 Å². The average Bonchev–Trinajstić information content (AvgIpc) is 2.87. The topological polar surface area (TPSA) is 98.2 Å². The Bertz CT molecular complexity index is 513. The standard InChI is InChI=1S/C15H21N3O2.ClH/c16-13(19)12-5-3-4-11(10-12)6-9-18-14(20)15(17)7-1-2-8-15;/h3-5,10H,1-2,6-9,17H2,(H2,16,19)(H,18,20);1H. The smallest absolute Gasteiger partial charge is 0.248 e. The van der Waals surface area contributed by atoms with E-state index >= 15 is 0 Å². The summed E-state index contributed by atoms with van der Waals surface area (Å²) in [6.45, 7) is 0.514. The molecule has 1 fully saturated rings. The Morgan fingerprint density at radius 1 is 1.24 bits per heavy atom. The predicted octanol–water partition coefficient (Wildman–Crippen LogP) is 1.14. The zero-order chi connectivity index (χ0) is 14.6. The van der Waals surface area contributed by atoms with Crippen molar-refractivity contribution >= 4 is 24.2 Å². The van der Waals surface area contributed by atoms with E-state index in [4.69, 9.17) is 11.5 Å². The minimum Gasteiger partial charge on any atom is -0.366 e. The van der Waals surface area contributed by atoms with Gasteiger partial charge in [-0.25, -0.2) is 0 Å². The first-order chi connectivity index (χ1) is 9.51. The molecule has 116 valence electrons. The minimum absolute atomic E-state index is 0. The van der Waals surface area contributed by atoms with Crippen LogP contribution in [0.4, 0.5) is 0 Å². The predicted molar refractivity (Wildman–Crippen MR) is 84.3 cm³/mol. The second-order valence-corrected chi connectivity index (χ2v) is 5.43. The lowest BCUT2D eigenvalue weighted by molar-refractivity contribution is -0.126. The molecule has 2 rings (SSSR count). The summed E-state index contributed by atoms with van der Waals surface area (Å²) in [5.74, 6) is -0.510. The molecule has 0 aromatic heterocycles. The number of primary amides is 1. The number of nitrogens with two attached hydrogens (primary N) is 2. The highest BCUT2D eigenvalue weighted by molar-refractivity contribution is 5.92. The van der Waals surface area contributed by atoms with Gasteiger partial charge in [0.05, 0.1) is 5.54 Å². The lowest BCUT2D eigenvalue weighted by Gasteiger charge is -2.22. The summed E-state index contributed by atoms with van der Waals surface area (Å²) in [7, 11) is 0. The van der Waals surface area contributed by atoms with Gasteiger partial charge >= 0.3 is 0 Å². The Morgan fingerprint density at radius 2 is 1.90 bits per heavy atom. The van der Waals surface area contributed by atoms with Crippen LogP contribution in [0.1, 0.15) is 41.6 Å². The maximum Gasteiger partial charge on any atom is 0.248 e. The van der Waals surface area contributed by atoms with Crippen LogP contribution in [0.3, 0.4) is 0 Å². The number of carbonyl (C=O) groups is 2. The molecule has 21 heavy (non-hydrogen) atoms. The van der Waals surface area contributed by atoms with E-state index in [9.17, 15) is 9.59 Å². The number of carbonyl (C=O) groups excluding carboxylic acids is 2. The normalized spacial score (nSPS) is 16.0. The largest absolute Gasteiger partial charge is 0.366 e. The highest BCUT2D eigenvalue weighted by Gasteiger charge is 2.36. The second kappa shape index (κ2) is 7.43. The van der Waals surface area contributed by atoms with Crippen LogP contribution < -0.4 is 16.8 Å². The Balaban J connectivity index is 0.00000220. The van der Waals surface area contributed by atoms with E-state index in [1.807, 2.05) is 6.07 Å². The van der Waals surface area contributed by atoms with Gasteiger partial charge in [-0.15, -0.1) is 12.4 Å². The fourth-order valence-electron chi connectivity index (χ4n) is 2.61. The monoisotopic (exact) mass is 311 g/mol. The molecule has 0 unspecified atom stereocenters. The number of halogens is 1. The van der Waals surface area contributed by atoms with Crippen LogP contribution in [0.2, 0.25) is 0 Å². The minimum atomic E-state index is -0.685. The van der Waals surface area contributed by atoms with E-state index in [-0.39, 0.29) is 18.3 Å². The molecule has 6 heteroatoms. The van der Waals surface area contributed by atoms with Crippen LogP contribution >= 0.6 is 12.4 Å². The maximum absolute atomic E-state index is 12.0. The first kappa shape index (κ1) is 17.5. The zero-order valence-electron chi connectivity index (χ0n) is 11.9. The Morgan fingerprint density at radius 3 is 2.52 bits per heavy atom. The van der Waals surface area contributed by atoms with Crippen molar-refractivity contribution in [2.24, 2.45) is 11.5 Å². The fourth-order valence-corrected chi connectivity index (χ4v) is 2.61. The molecule has 0 atom stereocenters. The first-order valence-corrected chi connectivity index (χ1v) is 6.97. The molecular weight excluding hydrogens is 290 g/mol. The number of hydrogen-bond donors (Lipinski definition) is 3. The molecule has 0 radical (unpaired) electrons. The van der Waals surface area contributed by atoms with E-state index in [1.165, 1.54) is 0 Å². The molecule has 1 aromatic carbocycles. The van der Waals surface area contributed by atoms with Gasteiger partial charge in [0.25, 0.3) is 0 Å². The third-order valence-electron chi connectivity index (χ3n) is 3.86. The van der Waals surface area contributed by atoms with E-state index in [2.05, 4.69) is 5.32 Å². The van der Waals surface area contributed by atoms with Gasteiger partial charge in [-0.2, -0.15) is 0 Å². The number of benzene rings is 1. The molecule has 1 aliphatic rings. The maximum atomic E-state index is 12.0. The van der Waals surface area contributed by atoms with Crippen LogP contribution in [0.5, 0.6) is 0 Å². The van der Waals surface area contributed by atoms with Gasteiger partial charge in [-0.1, -0.05) is 25.0 Å². The third-order valence-corrected chi connectivity index (χ3v) is 3.86. The van der Waals surface area contributed by atoms with Gasteiger partial charge in [-0.3, -0.25) is 9.59 Å². The summed E-state index contributed by atoms with van der Waals surface area (Å²) in [6.07, 6.45) is 4.21. The van der Waals surface area contributed by atoms with Crippen LogP contribution in [0.25, 0.3) is 0 Å². The van der Waals surface area contributed by atoms with Gasteiger partial charge in [-0.05, 0) is 37.0 Å². The Kier molecular flexibility index (Phi) is 6.18. The quantitative estimate of drug-likeness (QED) is 0.760. The highest BCUT2D eigenvalue weighted by Crippen LogP contribution is 2.27. The van der Waals surface area contributed by atoms with Crippen LogP contribution in [0.15, 0.2) is 24.3 Å². The Labute approximate surface area is 130 Å². The van der Waals surface area contributed by atoms with Crippen LogP contribution in [0, 0.1) is 0 Å². The third kappa shape index (κ3) is 4.44. The number of rotatable bonds is 5. The summed E-state index contributed by atoms with van der Waals surface area (Å²) < 4.78 is 0. The molecule has 0 heterocycles. The SMILES string of the molecule is Cl.NC(=O)c1cccc(CCNC(=O)C2(N)CCCC2)c1. The summed E-state index contributed by atoms with van der Waals surface area (Å²) in [5.41, 5.74) is 12.1. The van der Waals surface area contributed by atoms with E-state index in [0.717, 1.165) is 31.2 Å². The molecule has 1 aromatic rings. The van der Waals surface area contributed by atoms with Crippen molar-refractivity contribution in [2.45, 2.75) is 37.6 Å². The molecule has 0 aliphatic heterocycles. The number of hydrogen-bond acceptors (Lipinski definition) is 3. The highest BCUT2D eigenvalue weighted by atomic mass is 35.5. The van der Waals surface area contributed by atoms with E-state index < -0.39 is 11.4 Å². The zero-order valence-corrected chi connectivity index (χ0v) is 12.7. The molecule has 1 aliphatic carbocycles. The average molecular weight is 312 g/mol. The lowest BCUT2D eigenvalue weighted by atomic mass is 9.98. The van der Waals surface area contributed by atoms with Crippen LogP contribution in [-0.4, -0.2) is 23.9 Å². The van der Waals surface area contributed by atoms with Gasteiger partial charge in [0.1, 0.15) is 0 Å². The molecule has 0 spiro atoms. The van der Waals surface area contributed by atoms with Crippen molar-refractivity contribution in [3.63, 3.8) is 0 Å². The summed E-state index contributed by atoms with van der Waals surface area (Å²) in [6, 6.07) is 7.13. The molecule has 0 bridgehead atoms.